The molecule has 0 aliphatic heterocycles. The monoisotopic (exact) mass is 887 g/mol. The Labute approximate surface area is 376 Å². The van der Waals surface area contributed by atoms with Gasteiger partial charge in [-0.3, -0.25) is 9.59 Å². The van der Waals surface area contributed by atoms with Crippen LogP contribution < -0.4 is 21.3 Å². The van der Waals surface area contributed by atoms with E-state index in [4.69, 9.17) is 0 Å². The lowest BCUT2D eigenvalue weighted by Gasteiger charge is -2.20. The molecule has 7 aromatic carbocycles. The van der Waals surface area contributed by atoms with Crippen LogP contribution in [0.1, 0.15) is 79.1 Å². The molecular formula is C55H53O5P2S+. The summed E-state index contributed by atoms with van der Waals surface area (Å²) in [6.07, 6.45) is 1.94. The van der Waals surface area contributed by atoms with Crippen LogP contribution in [0.4, 0.5) is 0 Å². The lowest BCUT2D eigenvalue weighted by molar-refractivity contribution is 0.107. The molecule has 318 valence electrons. The zero-order valence-electron chi connectivity index (χ0n) is 37.2. The minimum absolute atomic E-state index is 0.175. The second kappa shape index (κ2) is 20.5. The van der Waals surface area contributed by atoms with Gasteiger partial charge >= 0.3 is 13.3 Å². The average Bonchev–Trinajstić information content (AvgIpc) is 3.29. The fourth-order valence-corrected chi connectivity index (χ4v) is 13.2. The molecular weight excluding hydrogens is 835 g/mol. The lowest BCUT2D eigenvalue weighted by atomic mass is 10.0. The van der Waals surface area contributed by atoms with Crippen molar-refractivity contribution in [2.45, 2.75) is 68.2 Å². The first kappa shape index (κ1) is 46.6. The van der Waals surface area contributed by atoms with E-state index in [2.05, 4.69) is 26.0 Å². The quantitative estimate of drug-likeness (QED) is 0.106. The van der Waals surface area contributed by atoms with Gasteiger partial charge in [0.05, 0.1) is 5.56 Å². The second-order valence-corrected chi connectivity index (χ2v) is 21.1. The molecule has 1 aromatic heterocycles. The Bertz CT molecular complexity index is 2990. The summed E-state index contributed by atoms with van der Waals surface area (Å²) < 4.78 is 28.7. The lowest BCUT2D eigenvalue weighted by Crippen LogP contribution is -2.23. The third kappa shape index (κ3) is 10.2. The maximum atomic E-state index is 14.2. The molecule has 1 heterocycles. The molecule has 0 radical (unpaired) electrons. The first-order valence-electron chi connectivity index (χ1n) is 21.1. The number of carbonyl (C=O) groups is 2. The smallest absolute Gasteiger partial charge is 0.305 e. The van der Waals surface area contributed by atoms with Crippen molar-refractivity contribution in [2.24, 2.45) is 0 Å². The number of hydrogen-bond acceptors (Lipinski definition) is 6. The maximum absolute atomic E-state index is 14.2. The van der Waals surface area contributed by atoms with Gasteiger partial charge in [-0.1, -0.05) is 151 Å². The summed E-state index contributed by atoms with van der Waals surface area (Å²) in [5, 5.41) is 3.47. The molecule has 1 unspecified atom stereocenters. The predicted octanol–water partition coefficient (Wildman–Crippen LogP) is 13.2. The van der Waals surface area contributed by atoms with Crippen molar-refractivity contribution in [1.82, 2.24) is 0 Å². The Morgan fingerprint density at radius 1 is 0.556 bits per heavy atom. The molecule has 0 aliphatic rings. The van der Waals surface area contributed by atoms with E-state index in [0.29, 0.717) is 27.0 Å². The largest absolute Gasteiger partial charge is 0.458 e. The van der Waals surface area contributed by atoms with E-state index in [1.165, 1.54) is 11.1 Å². The van der Waals surface area contributed by atoms with E-state index < -0.39 is 14.9 Å². The molecule has 0 saturated heterocycles. The highest BCUT2D eigenvalue weighted by molar-refractivity contribution is 7.93. The highest BCUT2D eigenvalue weighted by atomic mass is 32.1. The summed E-state index contributed by atoms with van der Waals surface area (Å²) in [7, 11) is -5.49. The molecule has 5 nitrogen and oxygen atoms in total. The van der Waals surface area contributed by atoms with Crippen LogP contribution in [-0.4, -0.2) is 11.0 Å². The van der Waals surface area contributed by atoms with Crippen molar-refractivity contribution in [3.8, 4) is 0 Å². The maximum Gasteiger partial charge on any atom is 0.458 e. The van der Waals surface area contributed by atoms with Crippen LogP contribution in [0.15, 0.2) is 156 Å². The van der Waals surface area contributed by atoms with Gasteiger partial charge in [0.1, 0.15) is 0 Å². The molecule has 0 amide bonds. The van der Waals surface area contributed by atoms with Gasteiger partial charge in [-0.25, -0.2) is 4.79 Å². The van der Waals surface area contributed by atoms with Crippen LogP contribution in [-0.2, 0) is 22.0 Å². The van der Waals surface area contributed by atoms with E-state index in [9.17, 15) is 23.5 Å². The number of benzene rings is 7. The molecule has 8 heteroatoms. The van der Waals surface area contributed by atoms with Crippen LogP contribution in [0.5, 0.6) is 0 Å². The molecule has 0 fully saturated rings. The van der Waals surface area contributed by atoms with Gasteiger partial charge in [-0.15, -0.1) is 11.3 Å². The molecule has 0 spiro atoms. The summed E-state index contributed by atoms with van der Waals surface area (Å²) >= 11 is 1.74. The van der Waals surface area contributed by atoms with Gasteiger partial charge in [-0.05, 0) is 118 Å². The highest BCUT2D eigenvalue weighted by Gasteiger charge is 2.38. The van der Waals surface area contributed by atoms with Crippen molar-refractivity contribution in [3.05, 3.63) is 218 Å². The van der Waals surface area contributed by atoms with Crippen LogP contribution in [0.3, 0.4) is 0 Å². The minimum Gasteiger partial charge on any atom is -0.305 e. The number of rotatable bonds is 9. The van der Waals surface area contributed by atoms with Gasteiger partial charge in [0, 0.05) is 36.3 Å². The molecule has 0 saturated carbocycles. The fourth-order valence-electron chi connectivity index (χ4n) is 8.14. The van der Waals surface area contributed by atoms with Crippen LogP contribution in [0.2, 0.25) is 0 Å². The summed E-state index contributed by atoms with van der Waals surface area (Å²) in [4.78, 5) is 38.6. The van der Waals surface area contributed by atoms with E-state index >= 15 is 0 Å². The molecule has 0 aliphatic carbocycles. The van der Waals surface area contributed by atoms with E-state index in [1.807, 2.05) is 133 Å². The van der Waals surface area contributed by atoms with Gasteiger partial charge < -0.3 is 4.57 Å². The Morgan fingerprint density at radius 2 is 1.02 bits per heavy atom. The molecule has 8 rings (SSSR count). The minimum atomic E-state index is -3.44. The van der Waals surface area contributed by atoms with Gasteiger partial charge in [0.15, 0.2) is 10.7 Å². The molecule has 63 heavy (non-hydrogen) atoms. The Kier molecular flexibility index (Phi) is 15.2. The Balaban J connectivity index is 0.000000160. The van der Waals surface area contributed by atoms with Gasteiger partial charge in [0.2, 0.25) is 12.7 Å². The van der Waals surface area contributed by atoms with Crippen LogP contribution in [0, 0.1) is 41.5 Å². The Hall–Kier alpha value is -5.90. The zero-order chi connectivity index (χ0) is 45.4. The SMILES string of the molecule is CCc1cc(CC)c2sc3ccccc3c(=O)c2c1.Cc1cc(C)c(C(=O)P(=O)(c2ccccc2)c2ccccc2)c(C)c1.Cc1cc(C)c(C(=O)[P+](=O)c2ccccc2)c(C)c1. The van der Waals surface area contributed by atoms with Crippen molar-refractivity contribution in [1.29, 1.82) is 0 Å². The number of hydrogen-bond donors (Lipinski definition) is 0. The van der Waals surface area contributed by atoms with Crippen molar-refractivity contribution in [2.75, 3.05) is 0 Å². The van der Waals surface area contributed by atoms with Crippen molar-refractivity contribution in [3.63, 3.8) is 0 Å². The fraction of sp³-hybridized carbons (Fsp3) is 0.182. The highest BCUT2D eigenvalue weighted by Crippen LogP contribution is 2.48. The summed E-state index contributed by atoms with van der Waals surface area (Å²) in [6.45, 7) is 15.9. The first-order valence-corrected chi connectivity index (χ1v) is 24.9. The standard InChI is InChI=1S/C22H21O2P.C17H16OS.C16H16O2P/c1-16-14-17(2)21(18(3)15-16)22(23)25(24,19-10-6-4-7-11-19)20-12-8-5-9-13-20;1-3-11-9-12(4-2)17-14(10-11)16(18)13-7-5-6-8-15(13)19-17;1-11-9-12(2)15(13(3)10-11)16(17)19(18)14-7-5-4-6-8-14/h4-15H,1-3H3;5-10H,3-4H2,1-2H3;4-10H,1-3H3/q;;+1. The summed E-state index contributed by atoms with van der Waals surface area (Å²) in [5.41, 5.74) is 9.05. The van der Waals surface area contributed by atoms with E-state index in [1.54, 1.807) is 59.9 Å². The number of aryl methyl sites for hydroxylation is 8. The summed E-state index contributed by atoms with van der Waals surface area (Å²) in [6, 6.07) is 47.1. The number of fused-ring (bicyclic) bond motifs is 2. The first-order chi connectivity index (χ1) is 30.2. The van der Waals surface area contributed by atoms with Gasteiger partial charge in [0.25, 0.3) is 0 Å². The molecule has 0 bridgehead atoms. The van der Waals surface area contributed by atoms with Crippen LogP contribution >= 0.6 is 26.3 Å². The third-order valence-corrected chi connectivity index (χ3v) is 16.6. The molecule has 8 aromatic rings. The normalized spacial score (nSPS) is 11.3. The van der Waals surface area contributed by atoms with Crippen molar-refractivity contribution < 1.29 is 18.7 Å². The predicted molar refractivity (Wildman–Crippen MR) is 268 cm³/mol. The zero-order valence-corrected chi connectivity index (χ0v) is 39.8. The molecule has 0 N–H and O–H groups in total. The van der Waals surface area contributed by atoms with E-state index in [-0.39, 0.29) is 16.5 Å². The number of carbonyl (C=O) groups excluding carboxylic acids is 2. The van der Waals surface area contributed by atoms with Crippen LogP contribution in [0.25, 0.3) is 20.2 Å². The van der Waals surface area contributed by atoms with E-state index in [0.717, 1.165) is 66.4 Å². The third-order valence-electron chi connectivity index (χ3n) is 11.1. The van der Waals surface area contributed by atoms with Gasteiger partial charge in [-0.2, -0.15) is 0 Å². The second-order valence-electron chi connectivity index (χ2n) is 15.8. The van der Waals surface area contributed by atoms with Crippen molar-refractivity contribution >= 4 is 73.4 Å². The topological polar surface area (TPSA) is 85.3 Å². The average molecular weight is 888 g/mol. The molecule has 1 atom stereocenters. The Morgan fingerprint density at radius 3 is 1.51 bits per heavy atom. The summed E-state index contributed by atoms with van der Waals surface area (Å²) in [5.74, 6) is 0.